The zero-order valence-corrected chi connectivity index (χ0v) is 95.5. The number of hydrogen-bond acceptors (Lipinski definition) is 24. The van der Waals surface area contributed by atoms with Crippen molar-refractivity contribution in [2.75, 3.05) is 19.8 Å². The topological polar surface area (TPSA) is 324 Å². The molecule has 0 aliphatic carbocycles. The van der Waals surface area contributed by atoms with E-state index in [1.807, 2.05) is 160 Å². The van der Waals surface area contributed by atoms with Gasteiger partial charge in [-0.15, -0.1) is 44.2 Å². The Labute approximate surface area is 913 Å². The predicted molar refractivity (Wildman–Crippen MR) is 625 cm³/mol. The molecule has 0 saturated heterocycles. The Bertz CT molecular complexity index is 7300. The van der Waals surface area contributed by atoms with Gasteiger partial charge in [-0.2, -0.15) is 43.1 Å². The number of nitrogens with zero attached hydrogens (tertiary/aromatic N) is 16. The second-order valence-corrected chi connectivity index (χ2v) is 54.0. The number of azo groups is 1. The third-order valence-corrected chi connectivity index (χ3v) is 32.5. The first-order valence-electron chi connectivity index (χ1n) is 46.2. The molecule has 17 aromatic rings. The van der Waals surface area contributed by atoms with E-state index in [9.17, 15) is 24.9 Å². The van der Waals surface area contributed by atoms with Gasteiger partial charge in [0.2, 0.25) is 0 Å². The summed E-state index contributed by atoms with van der Waals surface area (Å²) < 4.78 is 26.4. The average Bonchev–Trinajstić information content (AvgIpc) is 1.33. The normalized spacial score (nSPS) is 12.2. The highest BCUT2D eigenvalue weighted by Crippen LogP contribution is 2.44. The Kier molecular flexibility index (Phi) is 47.3. The number of nitriles is 2. The number of benzene rings is 6. The van der Waals surface area contributed by atoms with Crippen molar-refractivity contribution in [1.29, 1.82) is 10.5 Å². The summed E-state index contributed by atoms with van der Waals surface area (Å²) >= 11 is 17.1. The Balaban J connectivity index is 0.000000235. The molecule has 1 aliphatic heterocycles. The number of pyridine rings is 6. The summed E-state index contributed by atoms with van der Waals surface area (Å²) in [6, 6.07) is 64.9. The number of ether oxygens (including phenoxy) is 2. The van der Waals surface area contributed by atoms with Crippen molar-refractivity contribution in [3.63, 3.8) is 0 Å². The number of halogens is 5. The first-order chi connectivity index (χ1) is 68.2. The number of phenols is 1. The number of Topliss-reactive ketones (excluding diaryl/α,β-unsaturated/α-hetero) is 2. The molecule has 12 heterocycles. The number of aryl methyl sites for hydroxylation is 5. The van der Waals surface area contributed by atoms with Crippen LogP contribution in [0.5, 0.6) is 5.75 Å². The first kappa shape index (κ1) is 122. The monoisotopic (exact) mass is 2350 g/mol. The highest BCUT2D eigenvalue weighted by molar-refractivity contribution is 14.1. The van der Waals surface area contributed by atoms with Gasteiger partial charge in [0.1, 0.15) is 59.7 Å². The summed E-state index contributed by atoms with van der Waals surface area (Å²) in [6.45, 7) is 42.7. The maximum absolute atomic E-state index is 12.1. The van der Waals surface area contributed by atoms with E-state index in [1.54, 1.807) is 127 Å². The smallest absolute Gasteiger partial charge is 0.350 e. The van der Waals surface area contributed by atoms with Crippen LogP contribution in [0, 0.1) is 81.0 Å². The number of hydrogen-bond donors (Lipinski definition) is 3. The summed E-state index contributed by atoms with van der Waals surface area (Å²) in [5.74, 6) is 0.108. The fourth-order valence-electron chi connectivity index (χ4n) is 15.4. The molecule has 36 heteroatoms. The van der Waals surface area contributed by atoms with Gasteiger partial charge in [0, 0.05) is 134 Å². The molecule has 23 nitrogen and oxygen atoms in total. The minimum Gasteiger partial charge on any atom is -0.507 e. The molecule has 0 amide bonds. The van der Waals surface area contributed by atoms with Gasteiger partial charge in [0.25, 0.3) is 0 Å². The molecule has 7 radical (unpaired) electrons. The molecule has 11 aromatic heterocycles. The van der Waals surface area contributed by atoms with Gasteiger partial charge in [-0.05, 0) is 272 Å². The molecular weight excluding hydrogens is 2230 g/mol. The highest BCUT2D eigenvalue weighted by Gasteiger charge is 2.42. The van der Waals surface area contributed by atoms with E-state index < -0.39 is 27.3 Å². The summed E-state index contributed by atoms with van der Waals surface area (Å²) in [4.78, 5) is 54.8. The molecule has 146 heavy (non-hydrogen) atoms. The van der Waals surface area contributed by atoms with Gasteiger partial charge in [0.15, 0.2) is 22.9 Å². The maximum Gasteiger partial charge on any atom is 0.350 e. The molecule has 6 aromatic carbocycles. The minimum atomic E-state index is -1.35. The lowest BCUT2D eigenvalue weighted by molar-refractivity contribution is 0.00563. The molecule has 0 saturated carbocycles. The Morgan fingerprint density at radius 2 is 0.856 bits per heavy atom. The van der Waals surface area contributed by atoms with Crippen LogP contribution in [0.4, 0.5) is 4.32 Å². The zero-order valence-electron chi connectivity index (χ0n) is 84.1. The van der Waals surface area contributed by atoms with Crippen LogP contribution >= 0.6 is 104 Å². The predicted octanol–water partition coefficient (Wildman–Crippen LogP) is 29.6. The van der Waals surface area contributed by atoms with E-state index in [1.165, 1.54) is 65.2 Å². The second kappa shape index (κ2) is 56.5. The number of carbonyl (C=O) groups excluding carboxylic acids is 2. The van der Waals surface area contributed by atoms with Crippen molar-refractivity contribution in [3.8, 4) is 49.2 Å². The van der Waals surface area contributed by atoms with Gasteiger partial charge in [-0.25, -0.2) is 39.3 Å². The van der Waals surface area contributed by atoms with Crippen LogP contribution in [0.3, 0.4) is 0 Å². The van der Waals surface area contributed by atoms with Crippen LogP contribution in [0.2, 0.25) is 51.4 Å². The summed E-state index contributed by atoms with van der Waals surface area (Å²) in [6.07, 6.45) is 6.74. The SMILES string of the molecule is C.C.C[Si](C)(C)CCOCn1ccnn1.Cc1ccc2nc(C#N)ccc2c1Br.Cc1ccc2nc(C(=O)C(C)C)ccc2c1-c1cccs1.Cc1ccc2nc(C(=O)C(C)C)ccc2c1Br.Cc1ccc2nc(C(O)(C3=CN=NC3)C(C)C)ccc2c1-c1cccs1.Cc1ccc2nc(C(O)(c3cnnn3COCC[Si](C)(C)C)C(C)C)ccc2c1-c1cccs1.N#Cc1ccc2c(Br)c(O)ccc2n1.[B].[B]F.[B]I. The third-order valence-electron chi connectivity index (χ3n) is 23.5. The zero-order chi connectivity index (χ0) is 104. The summed E-state index contributed by atoms with van der Waals surface area (Å²) in [7, 11) is 0.866. The number of rotatable bonds is 23. The van der Waals surface area contributed by atoms with E-state index in [0.29, 0.717) is 69.7 Å². The molecule has 0 fully saturated rings. The van der Waals surface area contributed by atoms with Crippen molar-refractivity contribution >= 4 is 220 Å². The van der Waals surface area contributed by atoms with Gasteiger partial charge in [0.05, 0.1) is 79.8 Å². The molecule has 0 spiro atoms. The fourth-order valence-corrected chi connectivity index (χ4v) is 20.8. The van der Waals surface area contributed by atoms with Crippen molar-refractivity contribution < 1.29 is 38.7 Å². The largest absolute Gasteiger partial charge is 0.507 e. The molecule has 3 N–H and O–H groups in total. The van der Waals surface area contributed by atoms with Crippen LogP contribution in [0.15, 0.2) is 252 Å². The lowest BCUT2D eigenvalue weighted by Gasteiger charge is -2.32. The van der Waals surface area contributed by atoms with Gasteiger partial charge in [-0.1, -0.05) is 181 Å². The third kappa shape index (κ3) is 31.0. The van der Waals surface area contributed by atoms with E-state index in [2.05, 4.69) is 255 Å². The van der Waals surface area contributed by atoms with E-state index in [4.69, 9.17) is 34.3 Å². The molecule has 1 aliphatic rings. The van der Waals surface area contributed by atoms with Crippen molar-refractivity contribution in [1.82, 2.24) is 59.9 Å². The van der Waals surface area contributed by atoms with Crippen LogP contribution in [-0.4, -0.2) is 145 Å². The van der Waals surface area contributed by atoms with E-state index in [0.717, 1.165) is 87.1 Å². The number of aliphatic hydroxyl groups is 2. The quantitative estimate of drug-likeness (QED) is 0.0232. The van der Waals surface area contributed by atoms with Crippen LogP contribution in [0.1, 0.15) is 148 Å². The standard InChI is InChI=1S/C26H34N4O2SSi.C21H21N3OS.C18H17NOS.C14H14BrNO.C11H7BrN2.C10H5BrN2O.C8H17N3OSi.2CH4.BF.BI.B/c1-18(2)26(31,24-16-27-29-30(24)17-32-13-15-34(4,5)6)23-12-10-20-21(28-23)11-9-19(3)25(20)22-8-7-14-33-22;1-13(2)21(25,15-11-22-23-12-15)19-9-7-16-17(24-19)8-6-14(3)20(16)18-5-4-10-26-18;1-11(2)18(20)15-9-7-13-14(19-15)8-6-12(3)17(13)16-5-4-10-21-16;1-8(2)14(17)12-7-5-10-11(16-12)6-4-9(3)13(10)15;1-7-2-5-10-9(11(7)12)4-3-8(6-13)14-10;11-10-7-2-1-6(5-12)13-8(7)3-4-9(10)14;1-13(2,3)7-6-12-8-11-5-4-9-10-11;;;2*1-2;/h7-12,14,16,18,31H,13,15,17H2,1-6H3;4-11,13,25H,12H2,1-3H3;4-11H,1-3H3;4-8H,1-3H3;2-5H,1H3;1-4,14H;4-5H,6-8H2,1-3H3;2*1H4;;;. The summed E-state index contributed by atoms with van der Waals surface area (Å²) in [5.41, 5.74) is 21.2. The molecular formula is C110H123B3Br3FIN16O7S3Si2. The maximum atomic E-state index is 12.1. The van der Waals surface area contributed by atoms with Gasteiger partial charge >= 0.3 is 8.12 Å². The number of aromatic hydroxyl groups is 1. The van der Waals surface area contributed by atoms with Crippen LogP contribution < -0.4 is 0 Å². The van der Waals surface area contributed by atoms with Gasteiger partial charge < -0.3 is 29.1 Å². The Morgan fingerprint density at radius 1 is 0.486 bits per heavy atom. The van der Waals surface area contributed by atoms with Crippen LogP contribution in [-0.2, 0) is 34.1 Å². The summed E-state index contributed by atoms with van der Waals surface area (Å²) in [5, 5.41) is 86.5. The van der Waals surface area contributed by atoms with E-state index in [-0.39, 0.29) is 71.0 Å². The molecule has 755 valence electrons. The average molecular weight is 2350 g/mol. The minimum absolute atomic E-state index is 0. The Hall–Kier alpha value is -10.8. The molecule has 2 atom stereocenters. The number of ketones is 2. The number of thiophene rings is 3. The number of fused-ring (bicyclic) bond motifs is 6. The molecule has 0 bridgehead atoms. The number of aromatic nitrogens is 12. The Morgan fingerprint density at radius 3 is 1.23 bits per heavy atom. The molecule has 2 unspecified atom stereocenters. The fraction of sp³-hybridized carbons (Fsp3) is 0.309. The van der Waals surface area contributed by atoms with Crippen molar-refractivity contribution in [2.24, 2.45) is 33.9 Å². The van der Waals surface area contributed by atoms with Crippen molar-refractivity contribution in [2.45, 2.75) is 181 Å². The number of phenolic OH excluding ortho intramolecular Hbond substituents is 1. The van der Waals surface area contributed by atoms with Gasteiger partial charge in [-0.3, -0.25) is 9.59 Å². The lowest BCUT2D eigenvalue weighted by Crippen LogP contribution is -2.37. The second-order valence-electron chi connectivity index (χ2n) is 37.5. The molecule has 18 rings (SSSR count). The number of carbonyl (C=O) groups is 2. The van der Waals surface area contributed by atoms with Crippen molar-refractivity contribution in [3.05, 3.63) is 310 Å². The first-order valence-corrected chi connectivity index (χ1v) is 59.9. The highest BCUT2D eigenvalue weighted by atomic mass is 127. The van der Waals surface area contributed by atoms with Crippen LogP contribution in [0.25, 0.3) is 96.7 Å². The lowest BCUT2D eigenvalue weighted by atomic mass is 9.80. The van der Waals surface area contributed by atoms with E-state index >= 15 is 0 Å².